The van der Waals surface area contributed by atoms with Gasteiger partial charge in [-0.25, -0.2) is 4.98 Å². The maximum absolute atomic E-state index is 11.9. The second kappa shape index (κ2) is 14.5. The zero-order valence-electron chi connectivity index (χ0n) is 32.5. The predicted octanol–water partition coefficient (Wildman–Crippen LogP) is 13.4. The number of fused-ring (bicyclic) bond motifs is 1. The highest BCUT2D eigenvalue weighted by Gasteiger charge is 2.25. The molecule has 8 aromatic rings. The molecule has 0 amide bonds. The van der Waals surface area contributed by atoms with E-state index in [2.05, 4.69) is 167 Å². The van der Waals surface area contributed by atoms with Crippen molar-refractivity contribution in [1.29, 1.82) is 0 Å². The molecule has 0 spiro atoms. The minimum Gasteiger partial charge on any atom is -0.507 e. The first kappa shape index (κ1) is 35.8. The highest BCUT2D eigenvalue weighted by atomic mass is 16.3. The van der Waals surface area contributed by atoms with Crippen molar-refractivity contribution in [2.45, 2.75) is 58.8 Å². The molecule has 4 nitrogen and oxygen atoms in total. The molecule has 0 radical (unpaired) electrons. The maximum Gasteiger partial charge on any atom is 0.149 e. The molecule has 0 aliphatic heterocycles. The third-order valence-electron chi connectivity index (χ3n) is 11.0. The molecule has 0 saturated heterocycles. The molecule has 272 valence electrons. The maximum atomic E-state index is 11.9. The average Bonchev–Trinajstić information content (AvgIpc) is 3.61. The summed E-state index contributed by atoms with van der Waals surface area (Å²) in [6.07, 6.45) is 1.85. The van der Waals surface area contributed by atoms with Gasteiger partial charge in [-0.15, -0.1) is 0 Å². The average molecular weight is 718 g/mol. The first-order chi connectivity index (χ1) is 26.6. The van der Waals surface area contributed by atoms with E-state index in [0.29, 0.717) is 5.82 Å². The monoisotopic (exact) mass is 717 g/mol. The van der Waals surface area contributed by atoms with E-state index in [1.165, 1.54) is 16.7 Å². The Morgan fingerprint density at radius 2 is 1.22 bits per heavy atom. The van der Waals surface area contributed by atoms with E-state index in [-0.39, 0.29) is 23.0 Å². The summed E-state index contributed by atoms with van der Waals surface area (Å²) in [6.45, 7) is 13.2. The molecule has 8 rings (SSSR count). The summed E-state index contributed by atoms with van der Waals surface area (Å²) in [5.74, 6) is 1.43. The van der Waals surface area contributed by atoms with Gasteiger partial charge in [0.25, 0.3) is 0 Å². The van der Waals surface area contributed by atoms with Crippen molar-refractivity contribution in [3.63, 3.8) is 0 Å². The number of hydrogen-bond donors (Lipinski definition) is 1. The largest absolute Gasteiger partial charge is 0.507 e. The van der Waals surface area contributed by atoms with Crippen LogP contribution in [-0.2, 0) is 5.41 Å². The first-order valence-corrected chi connectivity index (χ1v) is 19.3. The standard InChI is InChI=1S/C51H47N3O/c1-33(2)36-31-44(34(3)4)49(55)45(32-36)50-53-48-43(20-15-22-47(48)54(50)42-18-11-8-12-19-42)38-28-37(29-39(30-38)46-21-13-14-27-52-46)35-23-25-41(26-24-35)51(5,6)40-16-9-7-10-17-40/h7-34,55H,1-6H3. The van der Waals surface area contributed by atoms with Crippen molar-refractivity contribution in [3.05, 3.63) is 180 Å². The van der Waals surface area contributed by atoms with Crippen LogP contribution in [0.1, 0.15) is 75.6 Å². The summed E-state index contributed by atoms with van der Waals surface area (Å²) in [7, 11) is 0. The highest BCUT2D eigenvalue weighted by Crippen LogP contribution is 2.43. The van der Waals surface area contributed by atoms with Gasteiger partial charge in [0.15, 0.2) is 0 Å². The Kier molecular flexibility index (Phi) is 9.44. The quantitative estimate of drug-likeness (QED) is 0.162. The summed E-state index contributed by atoms with van der Waals surface area (Å²) < 4.78 is 2.19. The van der Waals surface area contributed by atoms with Crippen molar-refractivity contribution < 1.29 is 5.11 Å². The van der Waals surface area contributed by atoms with E-state index in [0.717, 1.165) is 61.4 Å². The Morgan fingerprint density at radius 1 is 0.564 bits per heavy atom. The fraction of sp³-hybridized carbons (Fsp3) is 0.176. The minimum absolute atomic E-state index is 0.134. The number of phenols is 1. The second-order valence-electron chi connectivity index (χ2n) is 15.7. The number of para-hydroxylation sites is 2. The molecule has 4 heteroatoms. The van der Waals surface area contributed by atoms with Crippen LogP contribution in [0.15, 0.2) is 158 Å². The molecule has 55 heavy (non-hydrogen) atoms. The lowest BCUT2D eigenvalue weighted by Crippen LogP contribution is -2.18. The summed E-state index contributed by atoms with van der Waals surface area (Å²) in [4.78, 5) is 10.2. The van der Waals surface area contributed by atoms with Gasteiger partial charge >= 0.3 is 0 Å². The number of imidazole rings is 1. The van der Waals surface area contributed by atoms with E-state index in [9.17, 15) is 5.11 Å². The Labute approximate surface area is 324 Å². The lowest BCUT2D eigenvalue weighted by molar-refractivity contribution is 0.466. The van der Waals surface area contributed by atoms with Gasteiger partial charge in [0.1, 0.15) is 11.6 Å². The predicted molar refractivity (Wildman–Crippen MR) is 229 cm³/mol. The van der Waals surface area contributed by atoms with E-state index in [1.807, 2.05) is 36.5 Å². The van der Waals surface area contributed by atoms with Gasteiger partial charge in [0, 0.05) is 28.4 Å². The Bertz CT molecular complexity index is 2600. The van der Waals surface area contributed by atoms with Gasteiger partial charge in [-0.05, 0) is 105 Å². The van der Waals surface area contributed by atoms with Crippen LogP contribution in [-0.4, -0.2) is 19.6 Å². The number of nitrogens with zero attached hydrogens (tertiary/aromatic N) is 3. The molecule has 0 aliphatic rings. The zero-order chi connectivity index (χ0) is 38.3. The highest BCUT2D eigenvalue weighted by molar-refractivity contribution is 5.97. The molecule has 2 aromatic heterocycles. The number of aromatic hydroxyl groups is 1. The van der Waals surface area contributed by atoms with Crippen LogP contribution in [0.5, 0.6) is 5.75 Å². The van der Waals surface area contributed by atoms with E-state index < -0.39 is 0 Å². The van der Waals surface area contributed by atoms with E-state index >= 15 is 0 Å². The minimum atomic E-state index is -0.134. The summed E-state index contributed by atoms with van der Waals surface area (Å²) in [6, 6.07) is 53.5. The number of aromatic nitrogens is 3. The lowest BCUT2D eigenvalue weighted by atomic mass is 9.78. The molecule has 0 saturated carbocycles. The third kappa shape index (κ3) is 6.74. The van der Waals surface area contributed by atoms with Crippen LogP contribution >= 0.6 is 0 Å². The van der Waals surface area contributed by atoms with Crippen molar-refractivity contribution in [3.8, 4) is 56.3 Å². The molecule has 1 N–H and O–H groups in total. The van der Waals surface area contributed by atoms with Crippen LogP contribution in [0, 0.1) is 0 Å². The topological polar surface area (TPSA) is 50.9 Å². The molecule has 2 heterocycles. The van der Waals surface area contributed by atoms with Gasteiger partial charge < -0.3 is 5.11 Å². The molecule has 0 unspecified atom stereocenters. The molecule has 0 bridgehead atoms. The van der Waals surface area contributed by atoms with Crippen molar-refractivity contribution in [1.82, 2.24) is 14.5 Å². The van der Waals surface area contributed by atoms with E-state index in [4.69, 9.17) is 9.97 Å². The van der Waals surface area contributed by atoms with Gasteiger partial charge in [-0.2, -0.15) is 0 Å². The number of rotatable bonds is 9. The Morgan fingerprint density at radius 3 is 1.89 bits per heavy atom. The van der Waals surface area contributed by atoms with Crippen LogP contribution in [0.25, 0.3) is 61.6 Å². The molecular weight excluding hydrogens is 671 g/mol. The summed E-state index contributed by atoms with van der Waals surface area (Å²) in [5, 5.41) is 11.9. The SMILES string of the molecule is CC(C)c1cc(-c2nc3c(-c4cc(-c5ccc(C(C)(C)c6ccccc6)cc5)cc(-c5ccccn5)c4)cccc3n2-c2ccccc2)c(O)c(C(C)C)c1. The summed E-state index contributed by atoms with van der Waals surface area (Å²) in [5.41, 5.74) is 14.3. The molecular formula is C51H47N3O. The zero-order valence-corrected chi connectivity index (χ0v) is 32.5. The first-order valence-electron chi connectivity index (χ1n) is 19.3. The number of benzene rings is 6. The summed E-state index contributed by atoms with van der Waals surface area (Å²) >= 11 is 0. The molecule has 0 aliphatic carbocycles. The Balaban J connectivity index is 1.34. The Hall–Kier alpha value is -6.26. The van der Waals surface area contributed by atoms with Crippen LogP contribution in [0.2, 0.25) is 0 Å². The molecule has 0 atom stereocenters. The number of hydrogen-bond acceptors (Lipinski definition) is 3. The smallest absolute Gasteiger partial charge is 0.149 e. The van der Waals surface area contributed by atoms with Crippen LogP contribution in [0.3, 0.4) is 0 Å². The van der Waals surface area contributed by atoms with Gasteiger partial charge in [0.2, 0.25) is 0 Å². The van der Waals surface area contributed by atoms with Crippen molar-refractivity contribution >= 4 is 11.0 Å². The fourth-order valence-corrected chi connectivity index (χ4v) is 7.71. The van der Waals surface area contributed by atoms with Crippen LogP contribution in [0.4, 0.5) is 0 Å². The van der Waals surface area contributed by atoms with Gasteiger partial charge in [-0.1, -0.05) is 139 Å². The van der Waals surface area contributed by atoms with Gasteiger partial charge in [-0.3, -0.25) is 9.55 Å². The number of pyridine rings is 1. The fourth-order valence-electron chi connectivity index (χ4n) is 7.71. The molecule has 0 fully saturated rings. The van der Waals surface area contributed by atoms with E-state index in [1.54, 1.807) is 0 Å². The normalized spacial score (nSPS) is 11.9. The van der Waals surface area contributed by atoms with Crippen LogP contribution < -0.4 is 0 Å². The lowest BCUT2D eigenvalue weighted by Gasteiger charge is -2.26. The molecule has 6 aromatic carbocycles. The van der Waals surface area contributed by atoms with Gasteiger partial charge in [0.05, 0.1) is 22.3 Å². The second-order valence-corrected chi connectivity index (χ2v) is 15.7. The third-order valence-corrected chi connectivity index (χ3v) is 11.0. The van der Waals surface area contributed by atoms with Crippen molar-refractivity contribution in [2.75, 3.05) is 0 Å². The number of phenolic OH excluding ortho intramolecular Hbond substituents is 1. The van der Waals surface area contributed by atoms with Crippen molar-refractivity contribution in [2.24, 2.45) is 0 Å².